The smallest absolute Gasteiger partial charge is 0.330 e. The monoisotopic (exact) mass is 466 g/mol. The van der Waals surface area contributed by atoms with E-state index < -0.39 is 0 Å². The first-order valence-corrected chi connectivity index (χ1v) is 11.2. The van der Waals surface area contributed by atoms with Gasteiger partial charge in [0.2, 0.25) is 5.95 Å². The molecule has 7 nitrogen and oxygen atoms in total. The van der Waals surface area contributed by atoms with Crippen molar-refractivity contribution in [2.45, 2.75) is 13.8 Å². The number of aryl methyl sites for hydroxylation is 1. The quantitative estimate of drug-likeness (QED) is 0.258. The van der Waals surface area contributed by atoms with E-state index in [0.29, 0.717) is 24.2 Å². The Bertz CT molecular complexity index is 1330. The van der Waals surface area contributed by atoms with Crippen LogP contribution >= 0.6 is 0 Å². The van der Waals surface area contributed by atoms with E-state index >= 15 is 0 Å². The molecule has 0 amide bonds. The highest BCUT2D eigenvalue weighted by Crippen LogP contribution is 2.26. The van der Waals surface area contributed by atoms with Gasteiger partial charge in [-0.2, -0.15) is 9.97 Å². The van der Waals surface area contributed by atoms with E-state index in [9.17, 15) is 4.79 Å². The second-order valence-electron chi connectivity index (χ2n) is 7.68. The van der Waals surface area contributed by atoms with Crippen LogP contribution in [0.15, 0.2) is 78.9 Å². The molecule has 3 aromatic carbocycles. The van der Waals surface area contributed by atoms with Crippen LogP contribution in [-0.4, -0.2) is 34.6 Å². The Hall–Kier alpha value is -4.52. The second-order valence-corrected chi connectivity index (χ2v) is 7.68. The fourth-order valence-electron chi connectivity index (χ4n) is 3.41. The van der Waals surface area contributed by atoms with Gasteiger partial charge in [-0.25, -0.2) is 9.78 Å². The predicted molar refractivity (Wildman–Crippen MR) is 137 cm³/mol. The van der Waals surface area contributed by atoms with Gasteiger partial charge in [0.25, 0.3) is 0 Å². The fourth-order valence-corrected chi connectivity index (χ4v) is 3.41. The molecule has 0 unspecified atom stereocenters. The van der Waals surface area contributed by atoms with Crippen molar-refractivity contribution in [1.82, 2.24) is 15.0 Å². The van der Waals surface area contributed by atoms with Gasteiger partial charge in [0.15, 0.2) is 11.6 Å². The van der Waals surface area contributed by atoms with Gasteiger partial charge in [-0.1, -0.05) is 36.4 Å². The summed E-state index contributed by atoms with van der Waals surface area (Å²) in [5.74, 6) is 1.96. The zero-order chi connectivity index (χ0) is 24.6. The fraction of sp³-hybridized carbons (Fsp3) is 0.143. The van der Waals surface area contributed by atoms with Crippen molar-refractivity contribution in [2.75, 3.05) is 19.0 Å². The van der Waals surface area contributed by atoms with Gasteiger partial charge >= 0.3 is 5.97 Å². The number of benzene rings is 3. The van der Waals surface area contributed by atoms with E-state index in [1.54, 1.807) is 20.1 Å². The van der Waals surface area contributed by atoms with Gasteiger partial charge in [-0.05, 0) is 67.4 Å². The summed E-state index contributed by atoms with van der Waals surface area (Å²) in [6, 6.07) is 23.2. The maximum atomic E-state index is 11.5. The third-order valence-corrected chi connectivity index (χ3v) is 5.23. The molecule has 1 heterocycles. The average molecular weight is 467 g/mol. The summed E-state index contributed by atoms with van der Waals surface area (Å²) in [6.45, 7) is 4.15. The lowest BCUT2D eigenvalue weighted by Gasteiger charge is -2.11. The molecule has 4 aromatic rings. The topological polar surface area (TPSA) is 86.2 Å². The molecule has 0 aliphatic heterocycles. The normalized spacial score (nSPS) is 10.8. The Balaban J connectivity index is 1.65. The van der Waals surface area contributed by atoms with Crippen LogP contribution in [0.5, 0.6) is 5.75 Å². The van der Waals surface area contributed by atoms with Crippen LogP contribution in [0.4, 0.5) is 11.6 Å². The number of ether oxygens (including phenoxy) is 2. The summed E-state index contributed by atoms with van der Waals surface area (Å²) in [5, 5.41) is 3.28. The van der Waals surface area contributed by atoms with Crippen LogP contribution < -0.4 is 10.1 Å². The highest BCUT2D eigenvalue weighted by molar-refractivity contribution is 5.87. The Labute approximate surface area is 204 Å². The molecule has 0 radical (unpaired) electrons. The number of anilines is 2. The van der Waals surface area contributed by atoms with Crippen molar-refractivity contribution in [1.29, 1.82) is 0 Å². The lowest BCUT2D eigenvalue weighted by molar-refractivity contribution is -0.137. The summed E-state index contributed by atoms with van der Waals surface area (Å²) >= 11 is 0. The molecule has 176 valence electrons. The number of aromatic nitrogens is 3. The minimum atomic E-state index is -0.366. The number of carbonyl (C=O) groups excluding carboxylic acids is 1. The van der Waals surface area contributed by atoms with Crippen LogP contribution in [0.3, 0.4) is 0 Å². The minimum absolute atomic E-state index is 0.348. The van der Waals surface area contributed by atoms with E-state index in [0.717, 1.165) is 33.7 Å². The molecule has 0 aliphatic carbocycles. The average Bonchev–Trinajstić information content (AvgIpc) is 2.88. The Morgan fingerprint density at radius 2 is 1.63 bits per heavy atom. The number of nitrogens with zero attached hydrogens (tertiary/aromatic N) is 3. The summed E-state index contributed by atoms with van der Waals surface area (Å²) in [5.41, 5.74) is 4.54. The summed E-state index contributed by atoms with van der Waals surface area (Å²) in [4.78, 5) is 25.6. The molecule has 35 heavy (non-hydrogen) atoms. The van der Waals surface area contributed by atoms with Gasteiger partial charge in [-0.15, -0.1) is 0 Å². The number of esters is 1. The number of nitrogens with one attached hydrogen (secondary N) is 1. The number of hydrogen-bond acceptors (Lipinski definition) is 7. The van der Waals surface area contributed by atoms with Crippen LogP contribution in [0.25, 0.3) is 28.9 Å². The molecule has 0 saturated carbocycles. The Kier molecular flexibility index (Phi) is 7.47. The summed E-state index contributed by atoms with van der Waals surface area (Å²) in [6.07, 6.45) is 3.12. The first-order valence-electron chi connectivity index (χ1n) is 11.2. The highest BCUT2D eigenvalue weighted by atomic mass is 16.5. The highest BCUT2D eigenvalue weighted by Gasteiger charge is 2.12. The number of methoxy groups -OCH3 is 1. The first kappa shape index (κ1) is 23.6. The molecule has 0 spiro atoms. The molecule has 7 heteroatoms. The zero-order valence-corrected chi connectivity index (χ0v) is 19.9. The molecule has 0 saturated heterocycles. The van der Waals surface area contributed by atoms with E-state index in [1.165, 1.54) is 6.08 Å². The molecule has 0 aliphatic rings. The standard InChI is InChI=1S/C28H26N4O3/c1-4-35-25(33)18-11-20-9-14-22(15-10-20)29-28-31-26(21-12-16-23(34-3)17-13-21)30-27(32-28)24-8-6-5-7-19(24)2/h5-18H,4H2,1-3H3,(H,29,30,31,32)/b18-11+. The van der Waals surface area contributed by atoms with Crippen molar-refractivity contribution in [3.05, 3.63) is 90.0 Å². The van der Waals surface area contributed by atoms with Crippen molar-refractivity contribution in [3.63, 3.8) is 0 Å². The van der Waals surface area contributed by atoms with Gasteiger partial charge < -0.3 is 14.8 Å². The Morgan fingerprint density at radius 1 is 0.914 bits per heavy atom. The first-order chi connectivity index (χ1) is 17.1. The SMILES string of the molecule is CCOC(=O)/C=C/c1ccc(Nc2nc(-c3ccc(OC)cc3)nc(-c3ccccc3C)n2)cc1. The maximum absolute atomic E-state index is 11.5. The second kappa shape index (κ2) is 11.1. The zero-order valence-electron chi connectivity index (χ0n) is 19.9. The minimum Gasteiger partial charge on any atom is -0.497 e. The molecule has 1 N–H and O–H groups in total. The van der Waals surface area contributed by atoms with Gasteiger partial charge in [0, 0.05) is 22.9 Å². The lowest BCUT2D eigenvalue weighted by atomic mass is 10.1. The molecule has 0 bridgehead atoms. The Morgan fingerprint density at radius 3 is 2.31 bits per heavy atom. The van der Waals surface area contributed by atoms with Crippen molar-refractivity contribution >= 4 is 23.7 Å². The molecule has 4 rings (SSSR count). The van der Waals surface area contributed by atoms with Crippen LogP contribution in [0, 0.1) is 6.92 Å². The van der Waals surface area contributed by atoms with Crippen LogP contribution in [0.2, 0.25) is 0 Å². The van der Waals surface area contributed by atoms with E-state index in [1.807, 2.05) is 79.7 Å². The van der Waals surface area contributed by atoms with Gasteiger partial charge in [0.05, 0.1) is 13.7 Å². The number of rotatable bonds is 8. The lowest BCUT2D eigenvalue weighted by Crippen LogP contribution is -2.04. The number of carbonyl (C=O) groups is 1. The molecule has 1 aromatic heterocycles. The van der Waals surface area contributed by atoms with Gasteiger partial charge in [0.1, 0.15) is 5.75 Å². The van der Waals surface area contributed by atoms with Crippen LogP contribution in [-0.2, 0) is 9.53 Å². The third-order valence-electron chi connectivity index (χ3n) is 5.23. The molecule has 0 fully saturated rings. The molecular formula is C28H26N4O3. The molecular weight excluding hydrogens is 440 g/mol. The third kappa shape index (κ3) is 6.09. The summed E-state index contributed by atoms with van der Waals surface area (Å²) < 4.78 is 10.2. The van der Waals surface area contributed by atoms with E-state index in [-0.39, 0.29) is 5.97 Å². The van der Waals surface area contributed by atoms with Crippen molar-refractivity contribution < 1.29 is 14.3 Å². The van der Waals surface area contributed by atoms with Crippen molar-refractivity contribution in [3.8, 4) is 28.5 Å². The number of hydrogen-bond donors (Lipinski definition) is 1. The van der Waals surface area contributed by atoms with Crippen LogP contribution in [0.1, 0.15) is 18.1 Å². The maximum Gasteiger partial charge on any atom is 0.330 e. The van der Waals surface area contributed by atoms with E-state index in [2.05, 4.69) is 15.3 Å². The van der Waals surface area contributed by atoms with E-state index in [4.69, 9.17) is 14.5 Å². The predicted octanol–water partition coefficient (Wildman–Crippen LogP) is 5.84. The largest absolute Gasteiger partial charge is 0.497 e. The van der Waals surface area contributed by atoms with Crippen molar-refractivity contribution in [2.24, 2.45) is 0 Å². The van der Waals surface area contributed by atoms with Gasteiger partial charge in [-0.3, -0.25) is 0 Å². The summed E-state index contributed by atoms with van der Waals surface area (Å²) in [7, 11) is 1.63. The molecule has 0 atom stereocenters.